The van der Waals surface area contributed by atoms with E-state index in [4.69, 9.17) is 27.9 Å². The quantitative estimate of drug-likeness (QED) is 0.783. The third kappa shape index (κ3) is 3.16. The molecule has 21 heavy (non-hydrogen) atoms. The molecule has 0 unspecified atom stereocenters. The number of alkyl halides is 2. The van der Waals surface area contributed by atoms with Crippen molar-refractivity contribution in [2.45, 2.75) is 13.3 Å². The van der Waals surface area contributed by atoms with Gasteiger partial charge in [-0.05, 0) is 25.1 Å². The maximum absolute atomic E-state index is 13.3. The van der Waals surface area contributed by atoms with Crippen LogP contribution in [0.3, 0.4) is 0 Å². The van der Waals surface area contributed by atoms with Gasteiger partial charge in [0.05, 0.1) is 23.5 Å². The lowest BCUT2D eigenvalue weighted by Gasteiger charge is -2.10. The molecule has 0 fully saturated rings. The zero-order valence-corrected chi connectivity index (χ0v) is 12.3. The second kappa shape index (κ2) is 6.41. The first-order chi connectivity index (χ1) is 9.95. The smallest absolute Gasteiger partial charge is 0.341 e. The molecule has 0 atom stereocenters. The summed E-state index contributed by atoms with van der Waals surface area (Å²) in [5.74, 6) is -0.857. The Kier molecular flexibility index (Phi) is 4.80. The Hall–Kier alpha value is -1.66. The van der Waals surface area contributed by atoms with Gasteiger partial charge in [0, 0.05) is 5.02 Å². The van der Waals surface area contributed by atoms with Crippen LogP contribution in [-0.4, -0.2) is 22.4 Å². The number of esters is 1. The van der Waals surface area contributed by atoms with E-state index in [-0.39, 0.29) is 22.9 Å². The number of carbonyl (C=O) groups excluding carboxylic acids is 1. The summed E-state index contributed by atoms with van der Waals surface area (Å²) in [4.78, 5) is 11.7. The van der Waals surface area contributed by atoms with Crippen molar-refractivity contribution < 1.29 is 18.3 Å². The predicted molar refractivity (Wildman–Crippen MR) is 74.5 cm³/mol. The first-order valence-corrected chi connectivity index (χ1v) is 6.70. The van der Waals surface area contributed by atoms with Crippen molar-refractivity contribution in [3.63, 3.8) is 0 Å². The van der Waals surface area contributed by atoms with Crippen LogP contribution in [-0.2, 0) is 4.74 Å². The average molecular weight is 335 g/mol. The molecule has 0 saturated heterocycles. The van der Waals surface area contributed by atoms with Crippen molar-refractivity contribution in [2.24, 2.45) is 0 Å². The third-order valence-corrected chi connectivity index (χ3v) is 3.18. The van der Waals surface area contributed by atoms with Crippen LogP contribution < -0.4 is 0 Å². The van der Waals surface area contributed by atoms with Gasteiger partial charge in [0.1, 0.15) is 11.3 Å². The minimum absolute atomic E-state index is 0.0778. The van der Waals surface area contributed by atoms with Crippen molar-refractivity contribution in [1.82, 2.24) is 9.78 Å². The minimum Gasteiger partial charge on any atom is -0.462 e. The second-order valence-corrected chi connectivity index (χ2v) is 4.82. The van der Waals surface area contributed by atoms with Gasteiger partial charge in [0.2, 0.25) is 0 Å². The molecule has 8 heteroatoms. The highest BCUT2D eigenvalue weighted by molar-refractivity contribution is 6.35. The van der Waals surface area contributed by atoms with Crippen molar-refractivity contribution in [1.29, 1.82) is 0 Å². The first-order valence-electron chi connectivity index (χ1n) is 5.94. The lowest BCUT2D eigenvalue weighted by atomic mass is 10.2. The molecule has 2 rings (SSSR count). The van der Waals surface area contributed by atoms with E-state index in [1.165, 1.54) is 18.2 Å². The fraction of sp³-hybridized carbons (Fsp3) is 0.231. The third-order valence-electron chi connectivity index (χ3n) is 2.65. The van der Waals surface area contributed by atoms with Crippen LogP contribution >= 0.6 is 23.2 Å². The number of hydrogen-bond donors (Lipinski definition) is 0. The molecule has 1 aromatic carbocycles. The van der Waals surface area contributed by atoms with Gasteiger partial charge >= 0.3 is 5.97 Å². The average Bonchev–Trinajstić information content (AvgIpc) is 2.83. The Morgan fingerprint density at radius 2 is 2.14 bits per heavy atom. The number of hydrogen-bond acceptors (Lipinski definition) is 3. The Morgan fingerprint density at radius 3 is 2.71 bits per heavy atom. The van der Waals surface area contributed by atoms with Gasteiger partial charge < -0.3 is 4.74 Å². The van der Waals surface area contributed by atoms with E-state index in [9.17, 15) is 13.6 Å². The summed E-state index contributed by atoms with van der Waals surface area (Å²) in [6.07, 6.45) is -1.89. The second-order valence-electron chi connectivity index (χ2n) is 3.97. The molecule has 0 aliphatic carbocycles. The fourth-order valence-electron chi connectivity index (χ4n) is 1.78. The van der Waals surface area contributed by atoms with E-state index in [0.29, 0.717) is 5.02 Å². The SMILES string of the molecule is CCOC(=O)c1cnn(-c2ccc(Cl)cc2Cl)c1C(F)F. The van der Waals surface area contributed by atoms with Gasteiger partial charge in [-0.1, -0.05) is 23.2 Å². The van der Waals surface area contributed by atoms with E-state index in [1.54, 1.807) is 6.92 Å². The first kappa shape index (κ1) is 15.7. The molecule has 0 bridgehead atoms. The molecular weight excluding hydrogens is 325 g/mol. The topological polar surface area (TPSA) is 44.1 Å². The molecule has 0 N–H and O–H groups in total. The Labute approximate surface area is 129 Å². The molecule has 1 aromatic heterocycles. The molecule has 0 aliphatic heterocycles. The number of nitrogens with zero attached hydrogens (tertiary/aromatic N) is 2. The predicted octanol–water partition coefficient (Wildman–Crippen LogP) is 4.29. The van der Waals surface area contributed by atoms with Gasteiger partial charge in [0.25, 0.3) is 6.43 Å². The Balaban J connectivity index is 2.57. The summed E-state index contributed by atoms with van der Waals surface area (Å²) < 4.78 is 32.2. The molecule has 0 aliphatic rings. The van der Waals surface area contributed by atoms with E-state index in [1.807, 2.05) is 0 Å². The number of benzene rings is 1. The zero-order valence-electron chi connectivity index (χ0n) is 10.8. The minimum atomic E-state index is -2.92. The highest BCUT2D eigenvalue weighted by Gasteiger charge is 2.26. The van der Waals surface area contributed by atoms with E-state index >= 15 is 0 Å². The standard InChI is InChI=1S/C13H10Cl2F2N2O2/c1-2-21-13(20)8-6-18-19(11(8)12(16)17)10-4-3-7(14)5-9(10)15/h3-6,12H,2H2,1H3. The number of halogens is 4. The number of ether oxygens (including phenoxy) is 1. The van der Waals surface area contributed by atoms with E-state index < -0.39 is 18.1 Å². The lowest BCUT2D eigenvalue weighted by Crippen LogP contribution is -2.10. The Morgan fingerprint density at radius 1 is 1.43 bits per heavy atom. The molecule has 0 spiro atoms. The molecular formula is C13H10Cl2F2N2O2. The van der Waals surface area contributed by atoms with Crippen molar-refractivity contribution in [3.8, 4) is 5.69 Å². The van der Waals surface area contributed by atoms with Crippen LogP contribution in [0.15, 0.2) is 24.4 Å². The molecule has 2 aromatic rings. The van der Waals surface area contributed by atoms with Crippen LogP contribution in [0.1, 0.15) is 29.4 Å². The Bertz CT molecular complexity index is 674. The van der Waals surface area contributed by atoms with Gasteiger partial charge in [-0.2, -0.15) is 5.10 Å². The molecule has 0 radical (unpaired) electrons. The largest absolute Gasteiger partial charge is 0.462 e. The molecule has 0 saturated carbocycles. The number of rotatable bonds is 4. The summed E-state index contributed by atoms with van der Waals surface area (Å²) in [5.41, 5.74) is -0.664. The molecule has 112 valence electrons. The fourth-order valence-corrected chi connectivity index (χ4v) is 2.27. The van der Waals surface area contributed by atoms with Gasteiger partial charge in [0.15, 0.2) is 0 Å². The number of aromatic nitrogens is 2. The maximum Gasteiger partial charge on any atom is 0.341 e. The van der Waals surface area contributed by atoms with E-state index in [0.717, 1.165) is 10.9 Å². The van der Waals surface area contributed by atoms with Crippen molar-refractivity contribution in [3.05, 3.63) is 45.7 Å². The van der Waals surface area contributed by atoms with Crippen LogP contribution in [0.2, 0.25) is 10.0 Å². The summed E-state index contributed by atoms with van der Waals surface area (Å²) in [5, 5.41) is 4.31. The van der Waals surface area contributed by atoms with Crippen LogP contribution in [0.25, 0.3) is 5.69 Å². The van der Waals surface area contributed by atoms with Gasteiger partial charge in [-0.15, -0.1) is 0 Å². The lowest BCUT2D eigenvalue weighted by molar-refractivity contribution is 0.0514. The van der Waals surface area contributed by atoms with Gasteiger partial charge in [-0.25, -0.2) is 18.3 Å². The molecule has 4 nitrogen and oxygen atoms in total. The van der Waals surface area contributed by atoms with Crippen molar-refractivity contribution >= 4 is 29.2 Å². The normalized spacial score (nSPS) is 11.0. The highest BCUT2D eigenvalue weighted by Crippen LogP contribution is 2.30. The zero-order chi connectivity index (χ0) is 15.6. The molecule has 0 amide bonds. The molecule has 1 heterocycles. The maximum atomic E-state index is 13.3. The van der Waals surface area contributed by atoms with Crippen LogP contribution in [0.4, 0.5) is 8.78 Å². The van der Waals surface area contributed by atoms with Crippen LogP contribution in [0, 0.1) is 0 Å². The summed E-state index contributed by atoms with van der Waals surface area (Å²) in [6, 6.07) is 4.33. The number of carbonyl (C=O) groups is 1. The monoisotopic (exact) mass is 334 g/mol. The summed E-state index contributed by atoms with van der Waals surface area (Å²) in [7, 11) is 0. The highest BCUT2D eigenvalue weighted by atomic mass is 35.5. The van der Waals surface area contributed by atoms with Crippen LogP contribution in [0.5, 0.6) is 0 Å². The van der Waals surface area contributed by atoms with Gasteiger partial charge in [-0.3, -0.25) is 0 Å². The van der Waals surface area contributed by atoms with Crippen molar-refractivity contribution in [2.75, 3.05) is 6.61 Å². The summed E-state index contributed by atoms with van der Waals surface area (Å²) in [6.45, 7) is 1.66. The van der Waals surface area contributed by atoms with E-state index in [2.05, 4.69) is 5.10 Å². The summed E-state index contributed by atoms with van der Waals surface area (Å²) >= 11 is 11.8.